The average Bonchev–Trinajstić information content (AvgIpc) is 0.761. The zero-order valence-corrected chi connectivity index (χ0v) is 68.8. The van der Waals surface area contributed by atoms with Crippen molar-refractivity contribution < 1.29 is 117 Å². The van der Waals surface area contributed by atoms with Crippen LogP contribution in [0, 0.1) is 37.0 Å². The van der Waals surface area contributed by atoms with Crippen molar-refractivity contribution in [3.8, 4) is 82.8 Å². The third kappa shape index (κ3) is 33.9. The molecule has 1 aromatic heterocycles. The fourth-order valence-corrected chi connectivity index (χ4v) is 10.5. The maximum atomic E-state index is 13.4. The molecule has 0 aliphatic rings. The van der Waals surface area contributed by atoms with E-state index in [4.69, 9.17) is 78.6 Å². The van der Waals surface area contributed by atoms with Crippen LogP contribution < -0.4 is 79.8 Å². The molecule has 0 saturated heterocycles. The molecule has 0 amide bonds. The number of terminal acetylenes is 3. The summed E-state index contributed by atoms with van der Waals surface area (Å²) in [6, 6.07) is 61.1. The number of aliphatic hydroxyl groups is 3. The molecule has 6 N–H and O–H groups in total. The average molecular weight is 1600 g/mol. The summed E-state index contributed by atoms with van der Waals surface area (Å²) in [4.78, 5) is 90.5. The second-order valence-electron chi connectivity index (χ2n) is 25.5. The molecule has 0 bridgehead atoms. The molecule has 0 atom stereocenters. The molecule has 25 heteroatoms. The van der Waals surface area contributed by atoms with E-state index < -0.39 is 17.9 Å². The molecule has 9 aromatic carbocycles. The molecule has 605 valence electrons. The summed E-state index contributed by atoms with van der Waals surface area (Å²) in [7, 11) is 0. The summed E-state index contributed by atoms with van der Waals surface area (Å²) >= 11 is 0. The second kappa shape index (κ2) is 54.4. The number of fused-ring (bicyclic) bond motifs is 1. The molecule has 0 saturated carbocycles. The molecule has 1 heterocycles. The number of aldehydes is 1. The topological polar surface area (TPSA) is 333 Å². The van der Waals surface area contributed by atoms with E-state index in [1.165, 1.54) is 16.7 Å². The smallest absolute Gasteiger partial charge is 0.550 e. The number of carbonyl (C=O) groups excluding carboxylic acids is 6. The van der Waals surface area contributed by atoms with E-state index in [1.807, 2.05) is 127 Å². The van der Waals surface area contributed by atoms with Gasteiger partial charge in [0.2, 0.25) is 0 Å². The van der Waals surface area contributed by atoms with Gasteiger partial charge in [-0.2, -0.15) is 4.98 Å². The van der Waals surface area contributed by atoms with Crippen molar-refractivity contribution in [3.63, 3.8) is 0 Å². The predicted molar refractivity (Wildman–Crippen MR) is 449 cm³/mol. The van der Waals surface area contributed by atoms with Gasteiger partial charge in [0, 0.05) is 90.5 Å². The van der Waals surface area contributed by atoms with Crippen molar-refractivity contribution in [1.29, 1.82) is 0 Å². The first-order chi connectivity index (χ1) is 54.8. The number of anilines is 2. The number of nitrogens with zero attached hydrogens (tertiary/aromatic N) is 2. The van der Waals surface area contributed by atoms with E-state index in [0.29, 0.717) is 104 Å². The Morgan fingerprint density at radius 1 is 0.530 bits per heavy atom. The van der Waals surface area contributed by atoms with E-state index in [-0.39, 0.29) is 129 Å². The molecule has 10 aromatic rings. The Balaban J connectivity index is 0.000000522. The third-order valence-corrected chi connectivity index (χ3v) is 16.1. The van der Waals surface area contributed by atoms with Crippen LogP contribution in [0.5, 0.6) is 34.5 Å². The van der Waals surface area contributed by atoms with Crippen LogP contribution in [-0.2, 0) is 37.2 Å². The minimum absolute atomic E-state index is 0. The van der Waals surface area contributed by atoms with Gasteiger partial charge in [-0.15, -0.1) is 19.3 Å². The summed E-state index contributed by atoms with van der Waals surface area (Å²) < 4.78 is 34.6. The number of benzene rings is 9. The summed E-state index contributed by atoms with van der Waals surface area (Å²) in [5, 5.41) is 39.7. The molecule has 0 aliphatic carbocycles. The van der Waals surface area contributed by atoms with Crippen molar-refractivity contribution in [1.82, 2.24) is 9.55 Å². The number of hydrogen-bond acceptors (Lipinski definition) is 22. The molecule has 0 spiro atoms. The van der Waals surface area contributed by atoms with Crippen molar-refractivity contribution in [3.05, 3.63) is 266 Å². The van der Waals surface area contributed by atoms with Gasteiger partial charge >= 0.3 is 47.2 Å². The monoisotopic (exact) mass is 1600 g/mol. The summed E-state index contributed by atoms with van der Waals surface area (Å²) in [6.07, 6.45) is 16.6. The number of aromatic nitrogens is 2. The molecule has 3 radical (unpaired) electrons. The molecular weight excluding hydrogens is 1500 g/mol. The van der Waals surface area contributed by atoms with Gasteiger partial charge in [-0.05, 0) is 120 Å². The van der Waals surface area contributed by atoms with Crippen LogP contribution in [0.2, 0.25) is 0 Å². The van der Waals surface area contributed by atoms with Crippen molar-refractivity contribution in [2.75, 3.05) is 70.5 Å². The first-order valence-corrected chi connectivity index (χ1v) is 36.2. The van der Waals surface area contributed by atoms with Gasteiger partial charge in [0.05, 0.1) is 43.1 Å². The van der Waals surface area contributed by atoms with Crippen LogP contribution in [0.25, 0.3) is 22.2 Å². The Bertz CT molecular complexity index is 4970. The standard InChI is InChI=1S/C29H28N2O4.C28H29NO4.C19H19NO2.C9H10O3.C4H6O4.C2H4O2.CH4.B.Na/c1-4-16-34-24-13-14-26-25(18-24)28(22-11-9-21(10-12-22)20(2)3)30-29(33)31(26)19-23-7-5-6-8-27(23)35-17-15-32;1-4-16-32-24-13-14-26(29-19-23-7-5-6-8-27(23)33-17-15-30)25(18-24)28(31)22-11-9-21(10-12-22)20(2)3;1-4-11-22-16-9-10-18(20)17(12-16)19(21)15-7-5-14(6-8-15)13(2)3;10-5-6-12-9-4-2-1-3-8(9)7-11;1-3(5)7-8-4(2)6;1-2(3)4;;;/h1,5-14,18,20,32H,15-17,19H2,2-3H3;1,5-14,18,20,29-30H,15-17,19H2,2-3H3;1,5-10,12-13H,11,20H2,2-3H3;1-4,7,10H,5-6H2;1-2H3;1H3,(H,3,4);1H4;;/q;;;;;;;;+1/p-1. The van der Waals surface area contributed by atoms with Gasteiger partial charge in [-0.25, -0.2) is 24.2 Å². The van der Waals surface area contributed by atoms with Gasteiger partial charge in [0.25, 0.3) is 0 Å². The van der Waals surface area contributed by atoms with Crippen LogP contribution in [-0.4, -0.2) is 129 Å². The van der Waals surface area contributed by atoms with Gasteiger partial charge in [-0.1, -0.05) is 188 Å². The minimum atomic E-state index is -1.08. The number of hydrogen-bond donors (Lipinski definition) is 5. The number of rotatable bonds is 29. The third-order valence-electron chi connectivity index (χ3n) is 16.1. The largest absolute Gasteiger partial charge is 1.00 e. The SMILES string of the molecule is C.C#CCOc1ccc(N)c(C(=O)c2ccc(C(C)C)cc2)c1.C#CCOc1ccc(NCc2ccccc2OCCO)c(C(=O)c2ccc(C(C)C)cc2)c1.C#CCOc1ccc2c(c1)c(-c1ccc(C(C)C)cc1)nc(=O)n2Cc1ccccc1OCCO.CC(=O)OOC(C)=O.CC(=O)[O-].O=Cc1ccccc1OCCO.[B].[Na+]. The predicted octanol–water partition coefficient (Wildman–Crippen LogP) is 10.2. The van der Waals surface area contributed by atoms with Gasteiger partial charge in [0.15, 0.2) is 17.9 Å². The quantitative estimate of drug-likeness (QED) is 0.00553. The van der Waals surface area contributed by atoms with Crippen LogP contribution in [0.1, 0.15) is 158 Å². The fourth-order valence-electron chi connectivity index (χ4n) is 10.5. The number of ether oxygens (including phenoxy) is 6. The number of aliphatic carboxylic acids is 1. The summed E-state index contributed by atoms with van der Waals surface area (Å²) in [5.41, 5.74) is 16.7. The molecular formula is C92H99BN4NaO19. The number of carboxylic acids is 1. The number of nitrogens with two attached hydrogens (primary N) is 1. The zero-order valence-electron chi connectivity index (χ0n) is 66.8. The van der Waals surface area contributed by atoms with Gasteiger partial charge < -0.3 is 64.7 Å². The van der Waals surface area contributed by atoms with Crippen molar-refractivity contribution >= 4 is 66.5 Å². The number of carboxylic acid groups (broad SMARTS) is 1. The van der Waals surface area contributed by atoms with Crippen LogP contribution in [0.15, 0.2) is 205 Å². The molecule has 0 unspecified atom stereocenters. The Kier molecular flexibility index (Phi) is 46.8. The van der Waals surface area contributed by atoms with Crippen molar-refractivity contribution in [2.45, 2.75) is 101 Å². The number of para-hydroxylation sites is 3. The molecule has 10 rings (SSSR count). The van der Waals surface area contributed by atoms with E-state index in [9.17, 15) is 28.8 Å². The van der Waals surface area contributed by atoms with E-state index in [0.717, 1.165) is 54.7 Å². The second-order valence-corrected chi connectivity index (χ2v) is 25.5. The normalized spacial score (nSPS) is 9.88. The van der Waals surface area contributed by atoms with E-state index >= 15 is 0 Å². The first-order valence-electron chi connectivity index (χ1n) is 36.2. The first kappa shape index (κ1) is 101. The number of aliphatic hydroxyl groups excluding tert-OH is 3. The van der Waals surface area contributed by atoms with Crippen molar-refractivity contribution in [2.24, 2.45) is 0 Å². The minimum Gasteiger partial charge on any atom is -0.550 e. The Morgan fingerprint density at radius 2 is 0.923 bits per heavy atom. The van der Waals surface area contributed by atoms with Gasteiger partial charge in [-0.3, -0.25) is 19.0 Å². The van der Waals surface area contributed by atoms with Crippen LogP contribution >= 0.6 is 0 Å². The zero-order chi connectivity index (χ0) is 83.5. The maximum Gasteiger partial charge on any atom is 1.00 e. The Labute approximate surface area is 708 Å². The molecule has 0 aliphatic heterocycles. The molecule has 23 nitrogen and oxygen atoms in total. The fraction of sp³-hybridized carbons (Fsp3) is 0.261. The Hall–Kier alpha value is -12.4. The number of ketones is 2. The molecule has 117 heavy (non-hydrogen) atoms. The van der Waals surface area contributed by atoms with Crippen LogP contribution in [0.3, 0.4) is 0 Å². The maximum absolute atomic E-state index is 13.4. The summed E-state index contributed by atoms with van der Waals surface area (Å²) in [5.74, 6) is 9.43. The summed E-state index contributed by atoms with van der Waals surface area (Å²) in [6.45, 7) is 17.5. The number of nitrogen functional groups attached to an aromatic ring is 1. The number of nitrogens with one attached hydrogen (secondary N) is 1. The van der Waals surface area contributed by atoms with Crippen LogP contribution in [0.4, 0.5) is 11.4 Å². The van der Waals surface area contributed by atoms with E-state index in [2.05, 4.69) is 91.5 Å². The van der Waals surface area contributed by atoms with E-state index in [1.54, 1.807) is 65.2 Å². The number of carbonyl (C=O) groups is 6. The van der Waals surface area contributed by atoms with Gasteiger partial charge in [0.1, 0.15) is 74.1 Å². The molecule has 0 fully saturated rings. The Morgan fingerprint density at radius 3 is 1.38 bits per heavy atom.